The number of amides is 1. The Bertz CT molecular complexity index is 275. The predicted molar refractivity (Wildman–Crippen MR) is 65.1 cm³/mol. The summed E-state index contributed by atoms with van der Waals surface area (Å²) in [5, 5.41) is 6.55. The van der Waals surface area contributed by atoms with Crippen molar-refractivity contribution in [3.05, 3.63) is 0 Å². The van der Waals surface area contributed by atoms with E-state index in [2.05, 4.69) is 31.4 Å². The number of nitrogens with one attached hydrogen (secondary N) is 2. The first-order chi connectivity index (χ1) is 7.50. The van der Waals surface area contributed by atoms with E-state index in [9.17, 15) is 4.79 Å². The van der Waals surface area contributed by atoms with Crippen LogP contribution >= 0.6 is 0 Å². The van der Waals surface area contributed by atoms with Crippen LogP contribution in [-0.2, 0) is 4.79 Å². The molecule has 0 aromatic rings. The van der Waals surface area contributed by atoms with Gasteiger partial charge in [0.1, 0.15) is 0 Å². The third-order valence-corrected chi connectivity index (χ3v) is 4.42. The molecule has 16 heavy (non-hydrogen) atoms. The van der Waals surface area contributed by atoms with Crippen molar-refractivity contribution in [2.75, 3.05) is 13.1 Å². The van der Waals surface area contributed by atoms with E-state index in [1.807, 2.05) is 0 Å². The molecular formula is C13H24N2O. The molecule has 1 saturated carbocycles. The Morgan fingerprint density at radius 1 is 1.38 bits per heavy atom. The van der Waals surface area contributed by atoms with Gasteiger partial charge in [0.2, 0.25) is 5.91 Å². The summed E-state index contributed by atoms with van der Waals surface area (Å²) in [6.07, 6.45) is 3.44. The molecule has 1 aliphatic carbocycles. The van der Waals surface area contributed by atoms with Gasteiger partial charge in [-0.05, 0) is 30.7 Å². The SMILES string of the molecule is CC1CNCC1NC(=O)C1CCCC1(C)C. The average Bonchev–Trinajstić information content (AvgIpc) is 2.73. The fraction of sp³-hybridized carbons (Fsp3) is 0.923. The van der Waals surface area contributed by atoms with Gasteiger partial charge in [0.05, 0.1) is 0 Å². The largest absolute Gasteiger partial charge is 0.352 e. The molecular weight excluding hydrogens is 200 g/mol. The maximum absolute atomic E-state index is 12.2. The lowest BCUT2D eigenvalue weighted by Crippen LogP contribution is -2.44. The van der Waals surface area contributed by atoms with Crippen molar-refractivity contribution in [2.24, 2.45) is 17.3 Å². The number of carbonyl (C=O) groups excluding carboxylic acids is 1. The highest BCUT2D eigenvalue weighted by Crippen LogP contribution is 2.42. The third-order valence-electron chi connectivity index (χ3n) is 4.42. The zero-order valence-electron chi connectivity index (χ0n) is 10.7. The molecule has 1 saturated heterocycles. The molecule has 3 unspecified atom stereocenters. The highest BCUT2D eigenvalue weighted by atomic mass is 16.2. The summed E-state index contributed by atoms with van der Waals surface area (Å²) in [4.78, 5) is 12.2. The first kappa shape index (κ1) is 11.9. The number of rotatable bonds is 2. The van der Waals surface area contributed by atoms with Gasteiger partial charge in [-0.25, -0.2) is 0 Å². The van der Waals surface area contributed by atoms with Crippen LogP contribution in [0.5, 0.6) is 0 Å². The summed E-state index contributed by atoms with van der Waals surface area (Å²) in [6.45, 7) is 8.60. The van der Waals surface area contributed by atoms with Crippen LogP contribution in [0.1, 0.15) is 40.0 Å². The van der Waals surface area contributed by atoms with Crippen molar-refractivity contribution in [3.63, 3.8) is 0 Å². The van der Waals surface area contributed by atoms with Crippen LogP contribution < -0.4 is 10.6 Å². The molecule has 1 amide bonds. The first-order valence-corrected chi connectivity index (χ1v) is 6.52. The molecule has 0 aromatic heterocycles. The Labute approximate surface area is 98.4 Å². The lowest BCUT2D eigenvalue weighted by Gasteiger charge is -2.28. The molecule has 3 heteroatoms. The van der Waals surface area contributed by atoms with Gasteiger partial charge in [0, 0.05) is 18.5 Å². The van der Waals surface area contributed by atoms with Gasteiger partial charge < -0.3 is 10.6 Å². The van der Waals surface area contributed by atoms with E-state index in [0.717, 1.165) is 19.5 Å². The van der Waals surface area contributed by atoms with Gasteiger partial charge >= 0.3 is 0 Å². The maximum Gasteiger partial charge on any atom is 0.223 e. The zero-order chi connectivity index (χ0) is 11.8. The van der Waals surface area contributed by atoms with Crippen LogP contribution in [0.15, 0.2) is 0 Å². The minimum atomic E-state index is 0.194. The number of hydrogen-bond donors (Lipinski definition) is 2. The first-order valence-electron chi connectivity index (χ1n) is 6.52. The van der Waals surface area contributed by atoms with E-state index < -0.39 is 0 Å². The summed E-state index contributed by atoms with van der Waals surface area (Å²) in [5.74, 6) is 1.07. The average molecular weight is 224 g/mol. The molecule has 0 radical (unpaired) electrons. The van der Waals surface area contributed by atoms with Crippen LogP contribution in [0.4, 0.5) is 0 Å². The number of carbonyl (C=O) groups is 1. The van der Waals surface area contributed by atoms with Gasteiger partial charge in [0.25, 0.3) is 0 Å². The second kappa shape index (κ2) is 4.36. The van der Waals surface area contributed by atoms with Gasteiger partial charge in [-0.1, -0.05) is 27.2 Å². The van der Waals surface area contributed by atoms with E-state index in [-0.39, 0.29) is 17.2 Å². The van der Waals surface area contributed by atoms with E-state index in [4.69, 9.17) is 0 Å². The Morgan fingerprint density at radius 2 is 2.12 bits per heavy atom. The lowest BCUT2D eigenvalue weighted by molar-refractivity contribution is -0.128. The summed E-state index contributed by atoms with van der Waals surface area (Å²) < 4.78 is 0. The molecule has 0 aromatic carbocycles. The van der Waals surface area contributed by atoms with Gasteiger partial charge in [0.15, 0.2) is 0 Å². The van der Waals surface area contributed by atoms with Crippen LogP contribution in [0.3, 0.4) is 0 Å². The highest BCUT2D eigenvalue weighted by molar-refractivity contribution is 5.80. The molecule has 0 spiro atoms. The Hall–Kier alpha value is -0.570. The predicted octanol–water partition coefficient (Wildman–Crippen LogP) is 1.54. The highest BCUT2D eigenvalue weighted by Gasteiger charge is 2.40. The van der Waals surface area contributed by atoms with E-state index >= 15 is 0 Å². The molecule has 2 fully saturated rings. The second-order valence-corrected chi connectivity index (χ2v) is 6.18. The lowest BCUT2D eigenvalue weighted by atomic mass is 9.81. The summed E-state index contributed by atoms with van der Waals surface area (Å²) in [5.41, 5.74) is 0.194. The molecule has 0 bridgehead atoms. The van der Waals surface area contributed by atoms with Crippen molar-refractivity contribution in [2.45, 2.75) is 46.1 Å². The Kier molecular flexibility index (Phi) is 3.24. The third kappa shape index (κ3) is 2.24. The molecule has 2 N–H and O–H groups in total. The summed E-state index contributed by atoms with van der Waals surface area (Å²) in [6, 6.07) is 0.337. The zero-order valence-corrected chi connectivity index (χ0v) is 10.7. The summed E-state index contributed by atoms with van der Waals surface area (Å²) in [7, 11) is 0. The van der Waals surface area contributed by atoms with E-state index in [1.165, 1.54) is 12.8 Å². The van der Waals surface area contributed by atoms with Gasteiger partial charge in [-0.2, -0.15) is 0 Å². The van der Waals surface area contributed by atoms with Crippen molar-refractivity contribution < 1.29 is 4.79 Å². The van der Waals surface area contributed by atoms with Crippen molar-refractivity contribution in [1.82, 2.24) is 10.6 Å². The van der Waals surface area contributed by atoms with Crippen LogP contribution in [-0.4, -0.2) is 25.0 Å². The molecule has 2 rings (SSSR count). The molecule has 1 heterocycles. The van der Waals surface area contributed by atoms with Crippen molar-refractivity contribution in [3.8, 4) is 0 Å². The summed E-state index contributed by atoms with van der Waals surface area (Å²) >= 11 is 0. The molecule has 92 valence electrons. The Morgan fingerprint density at radius 3 is 2.62 bits per heavy atom. The van der Waals surface area contributed by atoms with E-state index in [0.29, 0.717) is 12.0 Å². The van der Waals surface area contributed by atoms with Gasteiger partial charge in [-0.15, -0.1) is 0 Å². The molecule has 2 aliphatic rings. The molecule has 3 atom stereocenters. The quantitative estimate of drug-likeness (QED) is 0.747. The minimum absolute atomic E-state index is 0.194. The van der Waals surface area contributed by atoms with Crippen LogP contribution in [0, 0.1) is 17.3 Å². The molecule has 3 nitrogen and oxygen atoms in total. The maximum atomic E-state index is 12.2. The fourth-order valence-corrected chi connectivity index (χ4v) is 3.10. The topological polar surface area (TPSA) is 41.1 Å². The fourth-order valence-electron chi connectivity index (χ4n) is 3.10. The van der Waals surface area contributed by atoms with Gasteiger partial charge in [-0.3, -0.25) is 4.79 Å². The van der Waals surface area contributed by atoms with Crippen LogP contribution in [0.25, 0.3) is 0 Å². The van der Waals surface area contributed by atoms with Crippen molar-refractivity contribution in [1.29, 1.82) is 0 Å². The molecule has 1 aliphatic heterocycles. The Balaban J connectivity index is 1.93. The van der Waals surface area contributed by atoms with Crippen molar-refractivity contribution >= 4 is 5.91 Å². The van der Waals surface area contributed by atoms with E-state index in [1.54, 1.807) is 0 Å². The standard InChI is InChI=1S/C13H24N2O/c1-9-7-14-8-11(9)15-12(16)10-5-4-6-13(10,2)3/h9-11,14H,4-8H2,1-3H3,(H,15,16). The van der Waals surface area contributed by atoms with Crippen LogP contribution in [0.2, 0.25) is 0 Å². The normalized spacial score (nSPS) is 37.6. The number of hydrogen-bond acceptors (Lipinski definition) is 2. The monoisotopic (exact) mass is 224 g/mol. The smallest absolute Gasteiger partial charge is 0.223 e. The minimum Gasteiger partial charge on any atom is -0.352 e. The second-order valence-electron chi connectivity index (χ2n) is 6.18.